The minimum Gasteiger partial charge on any atom is -0.373 e. The summed E-state index contributed by atoms with van der Waals surface area (Å²) in [5, 5.41) is 9.89. The molecule has 0 bridgehead atoms. The first-order chi connectivity index (χ1) is 5.85. The summed E-state index contributed by atoms with van der Waals surface area (Å²) < 4.78 is 41.1. The van der Waals surface area contributed by atoms with Crippen LogP contribution in [-0.2, 0) is 9.57 Å². The number of ether oxygens (including phenoxy) is 1. The van der Waals surface area contributed by atoms with Crippen LogP contribution in [0.2, 0.25) is 0 Å². The fourth-order valence-corrected chi connectivity index (χ4v) is 0.930. The molecule has 2 atom stereocenters. The number of epoxide rings is 1. The van der Waals surface area contributed by atoms with Crippen LogP contribution >= 0.6 is 0 Å². The first kappa shape index (κ1) is 10.7. The Balaban J connectivity index is 2.71. The summed E-state index contributed by atoms with van der Waals surface area (Å²) in [7, 11) is 2.36. The van der Waals surface area contributed by atoms with Gasteiger partial charge in [-0.3, -0.25) is 4.84 Å². The number of nitrogens with zero attached hydrogens (tertiary/aromatic N) is 1. The molecular formula is C6H10F3NO3. The van der Waals surface area contributed by atoms with Crippen molar-refractivity contribution in [2.45, 2.75) is 18.0 Å². The average molecular weight is 201 g/mol. The second-order valence-corrected chi connectivity index (χ2v) is 2.78. The zero-order chi connectivity index (χ0) is 10.3. The Morgan fingerprint density at radius 2 is 2.08 bits per heavy atom. The van der Waals surface area contributed by atoms with Gasteiger partial charge in [-0.15, -0.1) is 0 Å². The third-order valence-electron chi connectivity index (χ3n) is 1.98. The molecule has 1 unspecified atom stereocenters. The molecule has 1 rings (SSSR count). The highest BCUT2D eigenvalue weighted by atomic mass is 19.4. The molecule has 1 aliphatic heterocycles. The Labute approximate surface area is 72.8 Å². The fourth-order valence-electron chi connectivity index (χ4n) is 0.930. The van der Waals surface area contributed by atoms with Gasteiger partial charge in [0.1, 0.15) is 0 Å². The van der Waals surface area contributed by atoms with Crippen molar-refractivity contribution in [3.63, 3.8) is 0 Å². The Bertz CT molecular complexity index is 192. The van der Waals surface area contributed by atoms with Crippen LogP contribution < -0.4 is 0 Å². The molecule has 1 fully saturated rings. The number of alkyl halides is 3. The van der Waals surface area contributed by atoms with E-state index in [1.165, 1.54) is 7.05 Å². The fraction of sp³-hybridized carbons (Fsp3) is 1.00. The molecule has 1 saturated heterocycles. The molecule has 1 N–H and O–H groups in total. The van der Waals surface area contributed by atoms with E-state index in [4.69, 9.17) is 0 Å². The van der Waals surface area contributed by atoms with Crippen LogP contribution in [0.15, 0.2) is 0 Å². The topological polar surface area (TPSA) is 45.2 Å². The summed E-state index contributed by atoms with van der Waals surface area (Å²) in [5.74, 6) is 0. The smallest absolute Gasteiger partial charge is 0.373 e. The Kier molecular flexibility index (Phi) is 2.54. The van der Waals surface area contributed by atoms with E-state index in [0.29, 0.717) is 5.06 Å². The van der Waals surface area contributed by atoms with E-state index in [1.807, 2.05) is 0 Å². The van der Waals surface area contributed by atoms with Crippen molar-refractivity contribution >= 4 is 0 Å². The van der Waals surface area contributed by atoms with Gasteiger partial charge in [0.15, 0.2) is 6.23 Å². The number of halogens is 3. The summed E-state index contributed by atoms with van der Waals surface area (Å²) in [6.45, 7) is -0.536. The van der Waals surface area contributed by atoms with Crippen LogP contribution in [0.4, 0.5) is 13.2 Å². The van der Waals surface area contributed by atoms with Crippen molar-refractivity contribution in [1.82, 2.24) is 5.06 Å². The number of hydrogen-bond acceptors (Lipinski definition) is 4. The van der Waals surface area contributed by atoms with Crippen molar-refractivity contribution in [3.8, 4) is 0 Å². The quantitative estimate of drug-likeness (QED) is 0.400. The number of hydrogen-bond donors (Lipinski definition) is 1. The summed E-state index contributed by atoms with van der Waals surface area (Å²) in [6, 6.07) is 0. The van der Waals surface area contributed by atoms with Gasteiger partial charge in [-0.1, -0.05) is 0 Å². The van der Waals surface area contributed by atoms with Gasteiger partial charge in [0, 0.05) is 7.05 Å². The number of hydroxylamine groups is 2. The Morgan fingerprint density at radius 3 is 2.31 bits per heavy atom. The third kappa shape index (κ3) is 1.64. The van der Waals surface area contributed by atoms with E-state index in [9.17, 15) is 18.3 Å². The molecule has 0 spiro atoms. The lowest BCUT2D eigenvalue weighted by Gasteiger charge is -2.27. The standard InChI is InChI=1S/C6H10F3NO3/c1-10(12-2)4(11)5(3-13-5)6(7,8)9/h4,11H,3H2,1-2H3/t4?,5-/m1/s1. The zero-order valence-corrected chi connectivity index (χ0v) is 7.13. The first-order valence-corrected chi connectivity index (χ1v) is 3.51. The van der Waals surface area contributed by atoms with E-state index >= 15 is 0 Å². The minimum atomic E-state index is -4.58. The molecule has 0 amide bonds. The molecular weight excluding hydrogens is 191 g/mol. The van der Waals surface area contributed by atoms with Crippen molar-refractivity contribution in [3.05, 3.63) is 0 Å². The maximum atomic E-state index is 12.3. The first-order valence-electron chi connectivity index (χ1n) is 3.51. The predicted molar refractivity (Wildman–Crippen MR) is 35.5 cm³/mol. The highest BCUT2D eigenvalue weighted by molar-refractivity contribution is 5.03. The van der Waals surface area contributed by atoms with Crippen molar-refractivity contribution in [1.29, 1.82) is 0 Å². The predicted octanol–water partition coefficient (Wildman–Crippen LogP) is 0.129. The van der Waals surface area contributed by atoms with Gasteiger partial charge in [0.25, 0.3) is 0 Å². The van der Waals surface area contributed by atoms with Crippen molar-refractivity contribution < 1.29 is 27.9 Å². The lowest BCUT2D eigenvalue weighted by Crippen LogP contribution is -2.51. The molecule has 13 heavy (non-hydrogen) atoms. The molecule has 0 aliphatic carbocycles. The van der Waals surface area contributed by atoms with E-state index in [0.717, 1.165) is 7.11 Å². The van der Waals surface area contributed by atoms with Crippen LogP contribution in [0.5, 0.6) is 0 Å². The van der Waals surface area contributed by atoms with Crippen LogP contribution in [0.1, 0.15) is 0 Å². The maximum absolute atomic E-state index is 12.3. The second kappa shape index (κ2) is 3.09. The van der Waals surface area contributed by atoms with Crippen LogP contribution in [-0.4, -0.2) is 48.9 Å². The lowest BCUT2D eigenvalue weighted by atomic mass is 10.1. The second-order valence-electron chi connectivity index (χ2n) is 2.78. The van der Waals surface area contributed by atoms with Crippen molar-refractivity contribution in [2.24, 2.45) is 0 Å². The van der Waals surface area contributed by atoms with Crippen LogP contribution in [0.25, 0.3) is 0 Å². The number of aliphatic hydroxyl groups is 1. The molecule has 0 aromatic carbocycles. The summed E-state index contributed by atoms with van der Waals surface area (Å²) in [5.41, 5.74) is -2.47. The number of likely N-dealkylation sites (N-methyl/N-ethyl adjacent to an activating group) is 1. The van der Waals surface area contributed by atoms with Gasteiger partial charge in [0.05, 0.1) is 13.7 Å². The third-order valence-corrected chi connectivity index (χ3v) is 1.98. The Hall–Kier alpha value is -0.370. The molecule has 0 aromatic rings. The normalized spacial score (nSPS) is 30.7. The molecule has 1 aliphatic rings. The number of rotatable bonds is 3. The molecule has 1 heterocycles. The van der Waals surface area contributed by atoms with E-state index in [-0.39, 0.29) is 0 Å². The summed E-state index contributed by atoms with van der Waals surface area (Å²) in [6.07, 6.45) is -6.42. The highest BCUT2D eigenvalue weighted by Gasteiger charge is 2.71. The zero-order valence-electron chi connectivity index (χ0n) is 7.13. The molecule has 78 valence electrons. The molecule has 0 radical (unpaired) electrons. The van der Waals surface area contributed by atoms with Gasteiger partial charge in [-0.05, 0) is 0 Å². The maximum Gasteiger partial charge on any atom is 0.423 e. The van der Waals surface area contributed by atoms with E-state index < -0.39 is 24.6 Å². The monoisotopic (exact) mass is 201 g/mol. The minimum absolute atomic E-state index is 0.536. The van der Waals surface area contributed by atoms with Crippen molar-refractivity contribution in [2.75, 3.05) is 20.8 Å². The summed E-state index contributed by atoms with van der Waals surface area (Å²) >= 11 is 0. The van der Waals surface area contributed by atoms with Gasteiger partial charge in [-0.25, -0.2) is 0 Å². The van der Waals surface area contributed by atoms with Crippen LogP contribution in [0.3, 0.4) is 0 Å². The molecule has 7 heteroatoms. The molecule has 0 aromatic heterocycles. The van der Waals surface area contributed by atoms with E-state index in [2.05, 4.69) is 9.57 Å². The van der Waals surface area contributed by atoms with Gasteiger partial charge in [0.2, 0.25) is 5.60 Å². The lowest BCUT2D eigenvalue weighted by molar-refractivity contribution is -0.284. The molecule has 0 saturated carbocycles. The van der Waals surface area contributed by atoms with E-state index in [1.54, 1.807) is 0 Å². The molecule has 4 nitrogen and oxygen atoms in total. The van der Waals surface area contributed by atoms with Gasteiger partial charge in [-0.2, -0.15) is 18.2 Å². The van der Waals surface area contributed by atoms with Gasteiger partial charge >= 0.3 is 6.18 Å². The Morgan fingerprint density at radius 1 is 1.62 bits per heavy atom. The highest BCUT2D eigenvalue weighted by Crippen LogP contribution is 2.46. The van der Waals surface area contributed by atoms with Crippen LogP contribution in [0, 0.1) is 0 Å². The largest absolute Gasteiger partial charge is 0.423 e. The SMILES string of the molecule is CON(C)C(O)[C@@]1(C(F)(F)F)CO1. The van der Waals surface area contributed by atoms with Gasteiger partial charge < -0.3 is 9.84 Å². The summed E-state index contributed by atoms with van der Waals surface area (Å²) in [4.78, 5) is 4.44. The number of aliphatic hydroxyl groups excluding tert-OH is 1. The average Bonchev–Trinajstić information content (AvgIpc) is 2.80.